The zero-order valence-electron chi connectivity index (χ0n) is 54.2. The molecule has 2 aromatic carbocycles. The van der Waals surface area contributed by atoms with E-state index < -0.39 is 0 Å². The molecule has 0 fully saturated rings. The molecule has 10 aromatic rings. The molecule has 3 aliphatic carbocycles. The summed E-state index contributed by atoms with van der Waals surface area (Å²) in [6, 6.07) is 39.6. The maximum absolute atomic E-state index is 8.96. The number of hydrogen-bond acceptors (Lipinski definition) is 15. The Morgan fingerprint density at radius 1 is 0.417 bits per heavy atom. The summed E-state index contributed by atoms with van der Waals surface area (Å²) in [4.78, 5) is 8.33. The number of nitrogens with zero attached hydrogens (tertiary/aromatic N) is 8. The van der Waals surface area contributed by atoms with E-state index >= 15 is 0 Å². The van der Waals surface area contributed by atoms with E-state index in [1.807, 2.05) is 73.4 Å². The quantitative estimate of drug-likeness (QED) is 0.0601. The van der Waals surface area contributed by atoms with Crippen molar-refractivity contribution >= 4 is 148 Å². The van der Waals surface area contributed by atoms with Crippen molar-refractivity contribution in [1.29, 1.82) is 42.1 Å². The summed E-state index contributed by atoms with van der Waals surface area (Å²) in [6.07, 6.45) is 17.7. The van der Waals surface area contributed by atoms with Crippen molar-refractivity contribution in [2.24, 2.45) is 0 Å². The van der Waals surface area contributed by atoms with Gasteiger partial charge in [-0.3, -0.25) is 0 Å². The van der Waals surface area contributed by atoms with Crippen molar-refractivity contribution in [3.05, 3.63) is 182 Å². The molecule has 0 saturated heterocycles. The van der Waals surface area contributed by atoms with Crippen LogP contribution in [0.1, 0.15) is 174 Å². The number of anilines is 7. The number of nitriles is 8. The predicted molar refractivity (Wildman–Crippen MR) is 399 cm³/mol. The van der Waals surface area contributed by atoms with E-state index in [9.17, 15) is 0 Å². The van der Waals surface area contributed by atoms with E-state index in [1.54, 1.807) is 0 Å². The van der Waals surface area contributed by atoms with Crippen LogP contribution < -0.4 is 40.1 Å². The molecular formula is C73H75N15Se8. The Morgan fingerprint density at radius 2 is 0.833 bits per heavy atom. The van der Waals surface area contributed by atoms with Gasteiger partial charge in [0.2, 0.25) is 0 Å². The number of unbranched alkanes of at least 4 members (excludes halogenated alkanes) is 1. The van der Waals surface area contributed by atoms with Crippen molar-refractivity contribution in [3.63, 3.8) is 0 Å². The monoisotopic (exact) mass is 1800 g/mol. The van der Waals surface area contributed by atoms with Gasteiger partial charge in [0.25, 0.3) is 0 Å². The fourth-order valence-corrected chi connectivity index (χ4v) is 26.3. The molecular weight excluding hydrogens is 1720 g/mol. The van der Waals surface area contributed by atoms with Gasteiger partial charge in [-0.15, -0.1) is 0 Å². The Kier molecular flexibility index (Phi) is 32.5. The minimum absolute atomic E-state index is 0.149. The average Bonchev–Trinajstić information content (AvgIpc) is 1.69. The van der Waals surface area contributed by atoms with Crippen molar-refractivity contribution in [1.82, 2.24) is 0 Å². The second-order valence-corrected chi connectivity index (χ2v) is 39.7. The van der Waals surface area contributed by atoms with Gasteiger partial charge in [-0.2, -0.15) is 0 Å². The number of nitrogens with two attached hydrogens (primary N) is 7. The van der Waals surface area contributed by atoms with Crippen LogP contribution in [0.5, 0.6) is 0 Å². The van der Waals surface area contributed by atoms with Crippen molar-refractivity contribution in [3.8, 4) is 69.7 Å². The maximum atomic E-state index is 8.96. The molecule has 23 heteroatoms. The van der Waals surface area contributed by atoms with Crippen LogP contribution >= 0.6 is 0 Å². The van der Waals surface area contributed by atoms with E-state index in [2.05, 4.69) is 96.3 Å². The fourth-order valence-electron chi connectivity index (χ4n) is 10.4. The van der Waals surface area contributed by atoms with Crippen LogP contribution in [-0.2, 0) is 44.9 Å². The molecule has 0 bridgehead atoms. The summed E-state index contributed by atoms with van der Waals surface area (Å²) in [5, 5.41) is 70.4. The third kappa shape index (κ3) is 21.2. The number of rotatable bonds is 6. The number of aryl methyl sites for hydroxylation is 6. The van der Waals surface area contributed by atoms with Gasteiger partial charge >= 0.3 is 619 Å². The van der Waals surface area contributed by atoms with Crippen molar-refractivity contribution in [2.75, 3.05) is 40.1 Å². The van der Waals surface area contributed by atoms with Crippen molar-refractivity contribution in [2.45, 2.75) is 137 Å². The number of nitrogen functional groups attached to an aromatic ring is 7. The topological polar surface area (TPSA) is 372 Å². The molecule has 0 aliphatic heterocycles. The van der Waals surface area contributed by atoms with Gasteiger partial charge in [0.05, 0.1) is 0 Å². The van der Waals surface area contributed by atoms with Crippen LogP contribution in [-0.4, -0.2) is 116 Å². The molecule has 0 atom stereocenters. The third-order valence-electron chi connectivity index (χ3n) is 15.5. The molecule has 15 nitrogen and oxygen atoms in total. The van der Waals surface area contributed by atoms with Gasteiger partial charge in [-0.25, -0.2) is 0 Å². The third-order valence-corrected chi connectivity index (χ3v) is 32.1. The second-order valence-electron chi connectivity index (χ2n) is 22.3. The Hall–Kier alpha value is -7.04. The summed E-state index contributed by atoms with van der Waals surface area (Å²) in [6.45, 7) is 10.3. The zero-order valence-corrected chi connectivity index (χ0v) is 67.9. The van der Waals surface area contributed by atoms with Crippen LogP contribution in [0.25, 0.3) is 21.1 Å². The summed E-state index contributed by atoms with van der Waals surface area (Å²) in [5.41, 5.74) is 56.6. The molecule has 8 heterocycles. The number of hydrogen-bond donors (Lipinski definition) is 7. The Balaban J connectivity index is 0.000000174. The molecule has 13 rings (SSSR count). The molecule has 0 saturated carbocycles. The van der Waals surface area contributed by atoms with Crippen LogP contribution in [0.15, 0.2) is 86.5 Å². The van der Waals surface area contributed by atoms with E-state index in [1.165, 1.54) is 114 Å². The van der Waals surface area contributed by atoms with Gasteiger partial charge < -0.3 is 0 Å². The Bertz CT molecular complexity index is 4550. The SMILES string of the molecule is CC(C)c1c[se]c(N)c1C#N.CCCCc1c[se]c(N)c1C#N.Cc1[se]c(-c2ccccc2)cc1C#N.Cc1c[se]c(N)c1C#N.N#Cc1c(-c2ccccc2)c[se]c1N.N#Cc1c(N)[se]c2c1CCC2.N#Cc1c(N)[se]c2c1CCCC2.N#Cc1c(N)[se]c2c1CCCCC2. The van der Waals surface area contributed by atoms with Crippen LogP contribution in [0.3, 0.4) is 0 Å². The van der Waals surface area contributed by atoms with Gasteiger partial charge in [0, 0.05) is 0 Å². The molecule has 3 aliphatic rings. The molecule has 0 amide bonds. The molecule has 0 unspecified atom stereocenters. The molecule has 0 spiro atoms. The predicted octanol–water partition coefficient (Wildman–Crippen LogP) is 11.1. The zero-order chi connectivity index (χ0) is 69.8. The normalized spacial score (nSPS) is 11.7. The molecule has 8 aromatic heterocycles. The van der Waals surface area contributed by atoms with E-state index in [-0.39, 0.29) is 58.0 Å². The van der Waals surface area contributed by atoms with E-state index in [4.69, 9.17) is 82.2 Å². The first-order valence-electron chi connectivity index (χ1n) is 30.9. The van der Waals surface area contributed by atoms with Gasteiger partial charge in [-0.1, -0.05) is 0 Å². The van der Waals surface area contributed by atoms with Crippen LogP contribution in [0.2, 0.25) is 0 Å². The number of fused-ring (bicyclic) bond motifs is 3. The standard InChI is InChI=1S/C12H9NSe.C11H8N2Se.C10H12N2Se.C9H10N2Se.C9H12N2Se.C8H8N2Se.C8H10N2Se.C6H6N2Se/c1-9-11(8-13)7-12(14-9)10-5-3-2-4-6-10;12-6-9-10(7-14-11(9)13)8-4-2-1-3-5-8;11-6-8-7-4-2-1-3-5-9(7)13-10(8)12;10-5-7-6-3-1-2-4-8(6)12-9(7)11;1-2-3-4-7-6-12-9(11)8(7)5-10;9-4-6-5-2-1-3-7(5)11-8(6)10;1-5(2)7-4-11-8(10)6(7)3-9;1-4-3-9-6(8)5(4)2-7/h2-7H,1H3;1-5,7H,13H2;1-5,12H2;1-4,11H2;6H,2-4,11H2,1H3;1-3,10H2;4-5H,10H2,1-2H3;3H,8H2,1H3. The molecule has 96 heavy (non-hydrogen) atoms. The van der Waals surface area contributed by atoms with E-state index in [0.717, 1.165) is 120 Å². The molecule has 490 valence electrons. The van der Waals surface area contributed by atoms with E-state index in [0.29, 0.717) is 75.1 Å². The van der Waals surface area contributed by atoms with Gasteiger partial charge in [0.1, 0.15) is 0 Å². The fraction of sp³-hybridized carbons (Fsp3) is 0.288. The van der Waals surface area contributed by atoms with Crippen LogP contribution in [0.4, 0.5) is 31.9 Å². The van der Waals surface area contributed by atoms with Crippen LogP contribution in [0, 0.1) is 104 Å². The Labute approximate surface area is 612 Å². The first-order valence-corrected chi connectivity index (χ1v) is 45.1. The molecule has 14 N–H and O–H groups in total. The summed E-state index contributed by atoms with van der Waals surface area (Å²) < 4.78 is 12.7. The van der Waals surface area contributed by atoms with Gasteiger partial charge in [0.15, 0.2) is 0 Å². The summed E-state index contributed by atoms with van der Waals surface area (Å²) in [7, 11) is 0. The Morgan fingerprint density at radius 3 is 1.28 bits per heavy atom. The number of benzene rings is 2. The summed E-state index contributed by atoms with van der Waals surface area (Å²) in [5.74, 6) is 0.424. The van der Waals surface area contributed by atoms with Crippen molar-refractivity contribution < 1.29 is 0 Å². The minimum atomic E-state index is 0.149. The average molecular weight is 1790 g/mol. The first kappa shape index (κ1) is 78.0. The second kappa shape index (κ2) is 40.0. The summed E-state index contributed by atoms with van der Waals surface area (Å²) >= 11 is 2.12. The first-order chi connectivity index (χ1) is 46.3. The molecule has 0 radical (unpaired) electrons. The van der Waals surface area contributed by atoms with Gasteiger partial charge in [-0.05, 0) is 0 Å².